The molecule has 14 heavy (non-hydrogen) atoms. The molecule has 1 aromatic heterocycles. The van der Waals surface area contributed by atoms with Gasteiger partial charge in [0.1, 0.15) is 0 Å². The number of aromatic nitrogens is 2. The molecule has 0 unspecified atom stereocenters. The maximum absolute atomic E-state index is 11.1. The van der Waals surface area contributed by atoms with Crippen molar-refractivity contribution in [3.63, 3.8) is 0 Å². The topological polar surface area (TPSA) is 72.2 Å². The molecule has 0 bridgehead atoms. The van der Waals surface area contributed by atoms with Crippen LogP contribution in [0.1, 0.15) is 6.92 Å². The predicted octanol–water partition coefficient (Wildman–Crippen LogP) is 0.274. The van der Waals surface area contributed by atoms with Gasteiger partial charge in [-0.05, 0) is 13.0 Å². The Morgan fingerprint density at radius 1 is 1.71 bits per heavy atom. The smallest absolute Gasteiger partial charge is 0.331 e. The Balaban J connectivity index is 2.81. The summed E-state index contributed by atoms with van der Waals surface area (Å²) in [5.41, 5.74) is -0.0514. The van der Waals surface area contributed by atoms with Gasteiger partial charge in [-0.25, -0.2) is 9.48 Å². The van der Waals surface area contributed by atoms with Crippen molar-refractivity contribution in [3.05, 3.63) is 40.3 Å². The number of nitrogens with zero attached hydrogens (tertiary/aromatic N) is 2. The predicted molar refractivity (Wildman–Crippen MR) is 49.9 cm³/mol. The number of carboxylic acid groups (broad SMARTS) is 1. The minimum atomic E-state index is -0.992. The third kappa shape index (κ3) is 2.55. The van der Waals surface area contributed by atoms with E-state index < -0.39 is 5.97 Å². The van der Waals surface area contributed by atoms with Gasteiger partial charge >= 0.3 is 5.97 Å². The summed E-state index contributed by atoms with van der Waals surface area (Å²) in [5, 5.41) is 12.3. The fraction of sp³-hybridized carbons (Fsp3) is 0.222. The largest absolute Gasteiger partial charge is 0.478 e. The van der Waals surface area contributed by atoms with E-state index >= 15 is 0 Å². The lowest BCUT2D eigenvalue weighted by Gasteiger charge is -1.98. The summed E-state index contributed by atoms with van der Waals surface area (Å²) in [6, 6.07) is 2.91. The number of hydrogen-bond acceptors (Lipinski definition) is 3. The molecule has 0 saturated carbocycles. The van der Waals surface area contributed by atoms with Gasteiger partial charge in [0.15, 0.2) is 0 Å². The van der Waals surface area contributed by atoms with Crippen molar-refractivity contribution in [3.8, 4) is 0 Å². The van der Waals surface area contributed by atoms with Crippen LogP contribution in [0.5, 0.6) is 0 Å². The Labute approximate surface area is 80.3 Å². The molecule has 0 aliphatic heterocycles. The van der Waals surface area contributed by atoms with Gasteiger partial charge < -0.3 is 5.11 Å². The number of hydrogen-bond donors (Lipinski definition) is 1. The van der Waals surface area contributed by atoms with Gasteiger partial charge in [-0.3, -0.25) is 4.79 Å². The molecular weight excluding hydrogens is 184 g/mol. The molecule has 5 heteroatoms. The molecule has 1 heterocycles. The number of carbonyl (C=O) groups is 1. The Bertz CT molecular complexity index is 420. The summed E-state index contributed by atoms with van der Waals surface area (Å²) in [5.74, 6) is -0.992. The fourth-order valence-corrected chi connectivity index (χ4v) is 0.835. The molecular formula is C9H10N2O3. The number of carboxylic acids is 1. The second kappa shape index (κ2) is 4.36. The summed E-state index contributed by atoms with van der Waals surface area (Å²) in [6.07, 6.45) is 2.92. The van der Waals surface area contributed by atoms with Crippen molar-refractivity contribution in [1.82, 2.24) is 9.78 Å². The van der Waals surface area contributed by atoms with Crippen LogP contribution in [0.2, 0.25) is 0 Å². The normalized spacial score (nSPS) is 11.4. The second-order valence-corrected chi connectivity index (χ2v) is 2.74. The summed E-state index contributed by atoms with van der Waals surface area (Å²) in [4.78, 5) is 21.6. The highest BCUT2D eigenvalue weighted by Gasteiger charge is 1.99. The summed E-state index contributed by atoms with van der Waals surface area (Å²) in [6.45, 7) is 1.65. The molecule has 0 aromatic carbocycles. The molecule has 0 atom stereocenters. The zero-order valence-electron chi connectivity index (χ0n) is 7.67. The molecule has 0 saturated heterocycles. The van der Waals surface area contributed by atoms with Gasteiger partial charge in [0.25, 0.3) is 5.56 Å². The molecule has 1 N–H and O–H groups in total. The summed E-state index contributed by atoms with van der Waals surface area (Å²) < 4.78 is 1.19. The van der Waals surface area contributed by atoms with Gasteiger partial charge in [-0.15, -0.1) is 0 Å². The van der Waals surface area contributed by atoms with E-state index in [-0.39, 0.29) is 17.7 Å². The van der Waals surface area contributed by atoms with E-state index in [0.717, 1.165) is 0 Å². The van der Waals surface area contributed by atoms with Crippen molar-refractivity contribution in [2.75, 3.05) is 0 Å². The van der Waals surface area contributed by atoms with Crippen LogP contribution in [0.4, 0.5) is 0 Å². The summed E-state index contributed by atoms with van der Waals surface area (Å²) in [7, 11) is 0. The second-order valence-electron chi connectivity index (χ2n) is 2.74. The Kier molecular flexibility index (Phi) is 3.17. The monoisotopic (exact) mass is 194 g/mol. The molecule has 0 aliphatic carbocycles. The highest BCUT2D eigenvalue weighted by molar-refractivity contribution is 5.85. The Morgan fingerprint density at radius 2 is 2.43 bits per heavy atom. The van der Waals surface area contributed by atoms with Crippen LogP contribution in [-0.2, 0) is 11.3 Å². The number of allylic oxidation sites excluding steroid dienone is 1. The van der Waals surface area contributed by atoms with Crippen molar-refractivity contribution >= 4 is 5.97 Å². The lowest BCUT2D eigenvalue weighted by Crippen LogP contribution is -2.20. The van der Waals surface area contributed by atoms with Crippen LogP contribution in [0.25, 0.3) is 0 Å². The van der Waals surface area contributed by atoms with Crippen LogP contribution in [0.3, 0.4) is 0 Å². The van der Waals surface area contributed by atoms with E-state index in [1.807, 2.05) is 0 Å². The van der Waals surface area contributed by atoms with Crippen molar-refractivity contribution < 1.29 is 9.90 Å². The van der Waals surface area contributed by atoms with Crippen LogP contribution in [0.15, 0.2) is 34.8 Å². The van der Waals surface area contributed by atoms with Crippen LogP contribution < -0.4 is 5.56 Å². The van der Waals surface area contributed by atoms with E-state index in [1.165, 1.54) is 36.0 Å². The third-order valence-electron chi connectivity index (χ3n) is 1.69. The highest BCUT2D eigenvalue weighted by atomic mass is 16.4. The van der Waals surface area contributed by atoms with E-state index in [9.17, 15) is 9.59 Å². The minimum absolute atomic E-state index is 0.178. The molecule has 0 spiro atoms. The average Bonchev–Trinajstić information content (AvgIpc) is 2.16. The summed E-state index contributed by atoms with van der Waals surface area (Å²) >= 11 is 0. The third-order valence-corrected chi connectivity index (χ3v) is 1.69. The number of aliphatic carboxylic acids is 1. The van der Waals surface area contributed by atoms with E-state index in [0.29, 0.717) is 0 Å². The lowest BCUT2D eigenvalue weighted by atomic mass is 10.3. The van der Waals surface area contributed by atoms with E-state index in [2.05, 4.69) is 5.10 Å². The maximum atomic E-state index is 11.1. The molecule has 5 nitrogen and oxygen atoms in total. The first-order valence-corrected chi connectivity index (χ1v) is 4.03. The van der Waals surface area contributed by atoms with E-state index in [1.54, 1.807) is 0 Å². The van der Waals surface area contributed by atoms with Gasteiger partial charge in [-0.1, -0.05) is 6.08 Å². The first-order valence-electron chi connectivity index (χ1n) is 4.03. The minimum Gasteiger partial charge on any atom is -0.478 e. The highest BCUT2D eigenvalue weighted by Crippen LogP contribution is 1.92. The van der Waals surface area contributed by atoms with Gasteiger partial charge in [0.05, 0.1) is 6.54 Å². The Morgan fingerprint density at radius 3 is 3.00 bits per heavy atom. The molecule has 0 amide bonds. The zero-order chi connectivity index (χ0) is 10.6. The molecule has 0 fully saturated rings. The Hall–Kier alpha value is -1.91. The molecule has 0 aliphatic rings. The van der Waals surface area contributed by atoms with Crippen molar-refractivity contribution in [1.29, 1.82) is 0 Å². The molecule has 1 rings (SSSR count). The van der Waals surface area contributed by atoms with Gasteiger partial charge in [0.2, 0.25) is 0 Å². The van der Waals surface area contributed by atoms with Crippen molar-refractivity contribution in [2.45, 2.75) is 13.5 Å². The van der Waals surface area contributed by atoms with Crippen LogP contribution in [-0.4, -0.2) is 20.9 Å². The lowest BCUT2D eigenvalue weighted by molar-refractivity contribution is -0.132. The SMILES string of the molecule is C/C(=C/Cn1ncccc1=O)C(=O)O. The maximum Gasteiger partial charge on any atom is 0.331 e. The first kappa shape index (κ1) is 10.2. The first-order chi connectivity index (χ1) is 6.61. The zero-order valence-corrected chi connectivity index (χ0v) is 7.67. The van der Waals surface area contributed by atoms with E-state index in [4.69, 9.17) is 5.11 Å². The van der Waals surface area contributed by atoms with Gasteiger partial charge in [-0.2, -0.15) is 5.10 Å². The average molecular weight is 194 g/mol. The van der Waals surface area contributed by atoms with Gasteiger partial charge in [0, 0.05) is 17.8 Å². The number of rotatable bonds is 3. The standard InChI is InChI=1S/C9H10N2O3/c1-7(9(13)14)4-6-11-8(12)3-2-5-10-11/h2-5H,6H2,1H3,(H,13,14)/b7-4-. The fourth-order valence-electron chi connectivity index (χ4n) is 0.835. The van der Waals surface area contributed by atoms with Crippen LogP contribution >= 0.6 is 0 Å². The quantitative estimate of drug-likeness (QED) is 0.701. The van der Waals surface area contributed by atoms with Crippen LogP contribution in [0, 0.1) is 0 Å². The molecule has 1 aromatic rings. The molecule has 74 valence electrons. The van der Waals surface area contributed by atoms with Crippen molar-refractivity contribution in [2.24, 2.45) is 0 Å². The molecule has 0 radical (unpaired) electrons.